The summed E-state index contributed by atoms with van der Waals surface area (Å²) in [5.41, 5.74) is 1.15. The van der Waals surface area contributed by atoms with Crippen LogP contribution in [-0.4, -0.2) is 17.5 Å². The fourth-order valence-electron chi connectivity index (χ4n) is 5.20. The lowest BCUT2D eigenvalue weighted by Crippen LogP contribution is -2.58. The molecule has 0 atom stereocenters. The molecule has 0 aromatic rings. The monoisotopic (exact) mass is 255 g/mol. The van der Waals surface area contributed by atoms with Gasteiger partial charge in [0.25, 0.3) is 0 Å². The number of rotatable bonds is 3. The molecule has 0 unspecified atom stereocenters. The number of allylic oxidation sites excluding steroid dienone is 2. The molecular weight excluding hydrogens is 234 g/mol. The molecule has 0 spiro atoms. The van der Waals surface area contributed by atoms with Gasteiger partial charge >= 0.3 is 0 Å². The summed E-state index contributed by atoms with van der Waals surface area (Å²) in [6.07, 6.45) is 9.98. The van der Waals surface area contributed by atoms with E-state index in [0.29, 0.717) is 6.42 Å². The Morgan fingerprint density at radius 3 is 2.11 bits per heavy atom. The second kappa shape index (κ2) is 4.57. The van der Waals surface area contributed by atoms with Gasteiger partial charge in [-0.25, -0.2) is 0 Å². The van der Waals surface area contributed by atoms with E-state index >= 15 is 0 Å². The topological polar surface area (TPSA) is 50.8 Å². The second-order valence-electron chi connectivity index (χ2n) is 6.80. The molecule has 3 heteroatoms. The van der Waals surface area contributed by atoms with Crippen LogP contribution < -0.4 is 0 Å². The summed E-state index contributed by atoms with van der Waals surface area (Å²) in [7, 11) is 2.10. The molecule has 0 aliphatic heterocycles. The first-order valence-electron chi connectivity index (χ1n) is 7.36. The van der Waals surface area contributed by atoms with Gasteiger partial charge in [-0.2, -0.15) is 10.5 Å². The van der Waals surface area contributed by atoms with E-state index in [9.17, 15) is 0 Å². The standard InChI is InChI=1S/C16H21N3/c1-19(15(2-4-17)3-5-18)16-9-12-6-13(10-16)8-14(7-12)11-16/h2,12-14H,3,6-11H2,1H3/b15-2+. The Hall–Kier alpha value is -1.48. The smallest absolute Gasteiger partial charge is 0.0930 e. The van der Waals surface area contributed by atoms with Crippen molar-refractivity contribution in [1.82, 2.24) is 4.90 Å². The van der Waals surface area contributed by atoms with Crippen LogP contribution in [0.1, 0.15) is 44.9 Å². The van der Waals surface area contributed by atoms with Gasteiger partial charge in [0.05, 0.1) is 18.6 Å². The molecule has 4 rings (SSSR count). The SMILES string of the molecule is CN(/C(=C/C#N)CC#N)C12CC3CC(CC(C3)C1)C2. The molecule has 4 fully saturated rings. The number of nitrogens with zero attached hydrogens (tertiary/aromatic N) is 3. The predicted octanol–water partition coefficient (Wildman–Crippen LogP) is 3.21. The highest BCUT2D eigenvalue weighted by atomic mass is 15.2. The van der Waals surface area contributed by atoms with E-state index in [-0.39, 0.29) is 5.54 Å². The molecule has 4 aliphatic rings. The molecule has 0 N–H and O–H groups in total. The Labute approximate surface area is 115 Å². The molecule has 0 radical (unpaired) electrons. The minimum Gasteiger partial charge on any atom is -0.371 e. The van der Waals surface area contributed by atoms with Crippen LogP contribution in [0.2, 0.25) is 0 Å². The van der Waals surface area contributed by atoms with Crippen molar-refractivity contribution in [3.8, 4) is 12.1 Å². The van der Waals surface area contributed by atoms with Crippen molar-refractivity contribution < 1.29 is 0 Å². The van der Waals surface area contributed by atoms with Crippen LogP contribution >= 0.6 is 0 Å². The van der Waals surface area contributed by atoms with Gasteiger partial charge in [-0.1, -0.05) is 0 Å². The normalized spacial score (nSPS) is 39.7. The Kier molecular flexibility index (Phi) is 3.02. The van der Waals surface area contributed by atoms with Gasteiger partial charge in [-0.3, -0.25) is 0 Å². The average molecular weight is 255 g/mol. The first kappa shape index (κ1) is 12.5. The van der Waals surface area contributed by atoms with Crippen molar-refractivity contribution in [1.29, 1.82) is 10.5 Å². The van der Waals surface area contributed by atoms with Crippen molar-refractivity contribution in [3.05, 3.63) is 11.8 Å². The van der Waals surface area contributed by atoms with E-state index in [1.54, 1.807) is 6.08 Å². The molecule has 0 saturated heterocycles. The zero-order chi connectivity index (χ0) is 13.5. The van der Waals surface area contributed by atoms with Crippen LogP contribution in [0.3, 0.4) is 0 Å². The highest BCUT2D eigenvalue weighted by molar-refractivity contribution is 5.20. The zero-order valence-corrected chi connectivity index (χ0v) is 11.6. The lowest BCUT2D eigenvalue weighted by atomic mass is 9.52. The van der Waals surface area contributed by atoms with Gasteiger partial charge in [-0.05, 0) is 56.3 Å². The lowest BCUT2D eigenvalue weighted by molar-refractivity contribution is -0.0671. The van der Waals surface area contributed by atoms with E-state index < -0.39 is 0 Å². The van der Waals surface area contributed by atoms with Gasteiger partial charge in [0.2, 0.25) is 0 Å². The number of nitriles is 2. The summed E-state index contributed by atoms with van der Waals surface area (Å²) in [6, 6.07) is 4.32. The van der Waals surface area contributed by atoms with Crippen LogP contribution in [0.25, 0.3) is 0 Å². The Morgan fingerprint density at radius 2 is 1.68 bits per heavy atom. The van der Waals surface area contributed by atoms with Crippen LogP contribution in [0.15, 0.2) is 11.8 Å². The predicted molar refractivity (Wildman–Crippen MR) is 72.6 cm³/mol. The fraction of sp³-hybridized carbons (Fsp3) is 0.750. The quantitative estimate of drug-likeness (QED) is 0.728. The Bertz CT molecular complexity index is 442. The van der Waals surface area contributed by atoms with Crippen LogP contribution in [-0.2, 0) is 0 Å². The zero-order valence-electron chi connectivity index (χ0n) is 11.6. The molecule has 4 bridgehead atoms. The highest BCUT2D eigenvalue weighted by Gasteiger charge is 2.53. The maximum absolute atomic E-state index is 8.97. The van der Waals surface area contributed by atoms with Crippen molar-refractivity contribution in [3.63, 3.8) is 0 Å². The van der Waals surface area contributed by atoms with Gasteiger partial charge in [-0.15, -0.1) is 0 Å². The van der Waals surface area contributed by atoms with E-state index in [4.69, 9.17) is 10.5 Å². The summed E-state index contributed by atoms with van der Waals surface area (Å²) in [6.45, 7) is 0. The van der Waals surface area contributed by atoms with Crippen molar-refractivity contribution in [2.75, 3.05) is 7.05 Å². The van der Waals surface area contributed by atoms with E-state index in [2.05, 4.69) is 24.1 Å². The maximum atomic E-state index is 8.97. The maximum Gasteiger partial charge on any atom is 0.0930 e. The van der Waals surface area contributed by atoms with Gasteiger partial charge in [0.1, 0.15) is 0 Å². The molecule has 4 saturated carbocycles. The highest BCUT2D eigenvalue weighted by Crippen LogP contribution is 2.58. The Morgan fingerprint density at radius 1 is 1.16 bits per heavy atom. The van der Waals surface area contributed by atoms with Crippen molar-refractivity contribution >= 4 is 0 Å². The van der Waals surface area contributed by atoms with Gasteiger partial charge < -0.3 is 4.90 Å². The van der Waals surface area contributed by atoms with E-state index in [1.807, 2.05) is 0 Å². The van der Waals surface area contributed by atoms with Crippen LogP contribution in [0.4, 0.5) is 0 Å². The number of hydrogen-bond donors (Lipinski definition) is 0. The summed E-state index contributed by atoms with van der Waals surface area (Å²) < 4.78 is 0. The van der Waals surface area contributed by atoms with Crippen LogP contribution in [0.5, 0.6) is 0 Å². The molecule has 19 heavy (non-hydrogen) atoms. The first-order chi connectivity index (χ1) is 9.16. The lowest BCUT2D eigenvalue weighted by Gasteiger charge is -2.60. The van der Waals surface area contributed by atoms with E-state index in [0.717, 1.165) is 23.5 Å². The summed E-state index contributed by atoms with van der Waals surface area (Å²) in [5, 5.41) is 17.9. The number of hydrogen-bond acceptors (Lipinski definition) is 3. The first-order valence-corrected chi connectivity index (χ1v) is 7.36. The summed E-state index contributed by atoms with van der Waals surface area (Å²) >= 11 is 0. The molecule has 4 aliphatic carbocycles. The van der Waals surface area contributed by atoms with Crippen molar-refractivity contribution in [2.45, 2.75) is 50.5 Å². The third-order valence-corrected chi connectivity index (χ3v) is 5.64. The largest absolute Gasteiger partial charge is 0.371 e. The average Bonchev–Trinajstić information content (AvgIpc) is 2.36. The second-order valence-corrected chi connectivity index (χ2v) is 6.80. The summed E-state index contributed by atoms with van der Waals surface area (Å²) in [4.78, 5) is 2.30. The minimum atomic E-state index is 0.244. The molecule has 3 nitrogen and oxygen atoms in total. The van der Waals surface area contributed by atoms with Crippen molar-refractivity contribution in [2.24, 2.45) is 17.8 Å². The van der Waals surface area contributed by atoms with Gasteiger partial charge in [0, 0.05) is 24.4 Å². The summed E-state index contributed by atoms with van der Waals surface area (Å²) in [5.74, 6) is 2.66. The molecule has 0 heterocycles. The fourth-order valence-corrected chi connectivity index (χ4v) is 5.20. The third-order valence-electron chi connectivity index (χ3n) is 5.64. The Balaban J connectivity index is 1.87. The molecular formula is C16H21N3. The molecule has 0 aromatic carbocycles. The molecule has 100 valence electrons. The van der Waals surface area contributed by atoms with Gasteiger partial charge in [0.15, 0.2) is 0 Å². The van der Waals surface area contributed by atoms with Crippen LogP contribution in [0, 0.1) is 40.4 Å². The minimum absolute atomic E-state index is 0.244. The molecule has 0 aromatic heterocycles. The third kappa shape index (κ3) is 2.02. The molecule has 0 amide bonds. The van der Waals surface area contributed by atoms with E-state index in [1.165, 1.54) is 38.5 Å².